The molecule has 4 aliphatic rings. The second-order valence-corrected chi connectivity index (χ2v) is 11.6. The van der Waals surface area contributed by atoms with Gasteiger partial charge in [0.2, 0.25) is 0 Å². The van der Waals surface area contributed by atoms with Crippen LogP contribution in [0.4, 0.5) is 0 Å². The quantitative estimate of drug-likeness (QED) is 0.377. The smallest absolute Gasteiger partial charge is 0.302 e. The average molecular weight is 488 g/mol. The molecule has 0 aliphatic heterocycles. The first-order valence-corrected chi connectivity index (χ1v) is 11.7. The van der Waals surface area contributed by atoms with E-state index in [1.54, 1.807) is 0 Å². The first-order chi connectivity index (χ1) is 12.2. The highest BCUT2D eigenvalue weighted by Crippen LogP contribution is 2.66. The molecule has 4 rings (SSSR count). The molecule has 0 amide bonds. The van der Waals surface area contributed by atoms with Crippen molar-refractivity contribution < 1.29 is 14.3 Å². The van der Waals surface area contributed by atoms with Gasteiger partial charge in [-0.25, -0.2) is 0 Å². The molecule has 0 aromatic heterocycles. The number of carbonyl (C=O) groups is 2. The van der Waals surface area contributed by atoms with E-state index in [-0.39, 0.29) is 38.3 Å². The van der Waals surface area contributed by atoms with E-state index in [1.807, 2.05) is 6.08 Å². The minimum Gasteiger partial charge on any atom is -0.462 e. The highest BCUT2D eigenvalue weighted by molar-refractivity contribution is 9.10. The number of fused-ring (bicyclic) bond motifs is 5. The number of hydrogen-bond acceptors (Lipinski definition) is 3. The molecule has 0 heterocycles. The number of allylic oxidation sites excluding steroid dienone is 1. The maximum absolute atomic E-state index is 12.3. The minimum absolute atomic E-state index is 0.0552. The fourth-order valence-corrected chi connectivity index (χ4v) is 8.82. The normalized spacial score (nSPS) is 50.3. The molecule has 144 valence electrons. The molecule has 0 saturated heterocycles. The van der Waals surface area contributed by atoms with Crippen molar-refractivity contribution in [1.29, 1.82) is 0 Å². The fraction of sp³-hybridized carbons (Fsp3) is 0.810. The topological polar surface area (TPSA) is 43.4 Å². The van der Waals surface area contributed by atoms with Gasteiger partial charge in [0.05, 0.1) is 4.83 Å². The van der Waals surface area contributed by atoms with Crippen LogP contribution in [0.25, 0.3) is 0 Å². The van der Waals surface area contributed by atoms with Crippen LogP contribution in [0.5, 0.6) is 0 Å². The summed E-state index contributed by atoms with van der Waals surface area (Å²) in [7, 11) is 0. The zero-order valence-electron chi connectivity index (χ0n) is 15.8. The van der Waals surface area contributed by atoms with Crippen molar-refractivity contribution in [3.05, 3.63) is 11.6 Å². The second kappa shape index (κ2) is 6.43. The summed E-state index contributed by atoms with van der Waals surface area (Å²) in [6.45, 7) is 6.26. The third-order valence-corrected chi connectivity index (χ3v) is 9.80. The van der Waals surface area contributed by atoms with E-state index < -0.39 is 0 Å². The predicted molar refractivity (Wildman–Crippen MR) is 108 cm³/mol. The summed E-state index contributed by atoms with van der Waals surface area (Å²) < 4.78 is 5.74. The molecule has 3 saturated carbocycles. The lowest BCUT2D eigenvalue weighted by Gasteiger charge is -2.59. The van der Waals surface area contributed by atoms with Crippen molar-refractivity contribution in [1.82, 2.24) is 0 Å². The highest BCUT2D eigenvalue weighted by Gasteiger charge is 2.61. The summed E-state index contributed by atoms with van der Waals surface area (Å²) in [6.07, 6.45) is 8.42. The fourth-order valence-electron chi connectivity index (χ4n) is 6.93. The highest BCUT2D eigenvalue weighted by atomic mass is 79.9. The Labute approximate surface area is 172 Å². The summed E-state index contributed by atoms with van der Waals surface area (Å²) in [5.41, 5.74) is 1.51. The zero-order chi connectivity index (χ0) is 18.9. The van der Waals surface area contributed by atoms with Crippen molar-refractivity contribution in [3.8, 4) is 0 Å². The van der Waals surface area contributed by atoms with Crippen molar-refractivity contribution in [2.45, 2.75) is 75.1 Å². The van der Waals surface area contributed by atoms with Crippen LogP contribution >= 0.6 is 31.9 Å². The standard InChI is InChI=1S/C21H28Br2O3/c1-11(24)26-19-5-4-13-12-8-16(22)15-9-18(25)17(23)10-21(15,3)14(12)6-7-20(13,19)2/h9,12-14,16-17,19H,4-8,10H2,1-3H3/t12-,13-,14-,16-,17+,19-,20-,21+/m0/s1. The first-order valence-electron chi connectivity index (χ1n) is 9.88. The molecule has 5 heteroatoms. The van der Waals surface area contributed by atoms with Crippen LogP contribution in [0.3, 0.4) is 0 Å². The van der Waals surface area contributed by atoms with Crippen LogP contribution < -0.4 is 0 Å². The number of alkyl halides is 2. The largest absolute Gasteiger partial charge is 0.462 e. The molecule has 0 spiro atoms. The van der Waals surface area contributed by atoms with Crippen molar-refractivity contribution in [2.75, 3.05) is 0 Å². The molecule has 3 nitrogen and oxygen atoms in total. The number of ketones is 1. The molecule has 0 radical (unpaired) electrons. The van der Waals surface area contributed by atoms with Crippen molar-refractivity contribution in [2.24, 2.45) is 28.6 Å². The van der Waals surface area contributed by atoms with Gasteiger partial charge in [-0.15, -0.1) is 0 Å². The Balaban J connectivity index is 1.67. The van der Waals surface area contributed by atoms with Crippen molar-refractivity contribution >= 4 is 43.6 Å². The van der Waals surface area contributed by atoms with E-state index in [4.69, 9.17) is 4.74 Å². The van der Waals surface area contributed by atoms with Gasteiger partial charge in [-0.2, -0.15) is 0 Å². The third-order valence-electron chi connectivity index (χ3n) is 8.16. The third kappa shape index (κ3) is 2.70. The Bertz CT molecular complexity index is 674. The second-order valence-electron chi connectivity index (χ2n) is 9.39. The van der Waals surface area contributed by atoms with Gasteiger partial charge in [0.1, 0.15) is 6.10 Å². The number of hydrogen-bond donors (Lipinski definition) is 0. The van der Waals surface area contributed by atoms with Gasteiger partial charge in [0, 0.05) is 17.2 Å². The lowest BCUT2D eigenvalue weighted by molar-refractivity contribution is -0.157. The Morgan fingerprint density at radius 1 is 1.15 bits per heavy atom. The molecular formula is C21H28Br2O3. The van der Waals surface area contributed by atoms with Crippen LogP contribution in [0, 0.1) is 28.6 Å². The molecular weight excluding hydrogens is 460 g/mol. The van der Waals surface area contributed by atoms with Crippen molar-refractivity contribution in [3.63, 3.8) is 0 Å². The summed E-state index contributed by atoms with van der Waals surface area (Å²) in [6, 6.07) is 0. The lowest BCUT2D eigenvalue weighted by Crippen LogP contribution is -2.54. The maximum atomic E-state index is 12.3. The van der Waals surface area contributed by atoms with E-state index in [1.165, 1.54) is 12.5 Å². The number of ether oxygens (including phenoxy) is 1. The monoisotopic (exact) mass is 486 g/mol. The van der Waals surface area contributed by atoms with Crippen LogP contribution in [0.15, 0.2) is 11.6 Å². The molecule has 0 aromatic carbocycles. The molecule has 8 atom stereocenters. The molecule has 3 fully saturated rings. The van der Waals surface area contributed by atoms with Gasteiger partial charge in [-0.05, 0) is 73.3 Å². The molecule has 0 bridgehead atoms. The number of rotatable bonds is 1. The van der Waals surface area contributed by atoms with Gasteiger partial charge in [-0.3, -0.25) is 9.59 Å². The zero-order valence-corrected chi connectivity index (χ0v) is 18.9. The first kappa shape index (κ1) is 19.2. The van der Waals surface area contributed by atoms with E-state index in [2.05, 4.69) is 45.7 Å². The summed E-state index contributed by atoms with van der Waals surface area (Å²) >= 11 is 7.55. The summed E-state index contributed by atoms with van der Waals surface area (Å²) in [5, 5.41) is 0. The van der Waals surface area contributed by atoms with Gasteiger partial charge in [0.25, 0.3) is 0 Å². The number of halogens is 2. The van der Waals surface area contributed by atoms with Gasteiger partial charge < -0.3 is 4.74 Å². The maximum Gasteiger partial charge on any atom is 0.302 e. The SMILES string of the molecule is CC(=O)O[C@H]1CC[C@H]2[C@@H]3C[C@H](Br)C4=CC(=O)[C@H](Br)C[C@]4(C)[C@H]3CC[C@]12C. The van der Waals surface area contributed by atoms with Crippen LogP contribution in [-0.2, 0) is 14.3 Å². The summed E-state index contributed by atoms with van der Waals surface area (Å²) in [4.78, 5) is 24.1. The molecule has 0 unspecified atom stereocenters. The average Bonchev–Trinajstić information content (AvgIpc) is 2.87. The molecule has 0 N–H and O–H groups in total. The Kier molecular flexibility index (Phi) is 4.74. The van der Waals surface area contributed by atoms with Crippen LogP contribution in [-0.4, -0.2) is 27.5 Å². The Morgan fingerprint density at radius 3 is 2.58 bits per heavy atom. The van der Waals surface area contributed by atoms with E-state index in [0.717, 1.165) is 38.5 Å². The van der Waals surface area contributed by atoms with Gasteiger partial charge >= 0.3 is 5.97 Å². The Morgan fingerprint density at radius 2 is 1.88 bits per heavy atom. The van der Waals surface area contributed by atoms with Crippen LogP contribution in [0.1, 0.15) is 59.3 Å². The lowest BCUT2D eigenvalue weighted by atomic mass is 9.47. The number of esters is 1. The van der Waals surface area contributed by atoms with E-state index in [0.29, 0.717) is 17.8 Å². The van der Waals surface area contributed by atoms with E-state index >= 15 is 0 Å². The molecule has 26 heavy (non-hydrogen) atoms. The van der Waals surface area contributed by atoms with Gasteiger partial charge in [0.15, 0.2) is 5.78 Å². The minimum atomic E-state index is -0.147. The van der Waals surface area contributed by atoms with Gasteiger partial charge in [-0.1, -0.05) is 45.7 Å². The van der Waals surface area contributed by atoms with E-state index in [9.17, 15) is 9.59 Å². The predicted octanol–water partition coefficient (Wildman–Crippen LogP) is 5.20. The number of carbonyl (C=O) groups excluding carboxylic acids is 2. The summed E-state index contributed by atoms with van der Waals surface area (Å²) in [5.74, 6) is 1.93. The Hall–Kier alpha value is -0.160. The van der Waals surface area contributed by atoms with Crippen LogP contribution in [0.2, 0.25) is 0 Å². The molecule has 0 aromatic rings. The molecule has 4 aliphatic carbocycles.